The second kappa shape index (κ2) is 12.3. The van der Waals surface area contributed by atoms with Crippen LogP contribution in [0.1, 0.15) is 31.9 Å². The summed E-state index contributed by atoms with van der Waals surface area (Å²) in [5.74, 6) is 1.37. The topological polar surface area (TPSA) is 58.6 Å². The number of nitrogens with one attached hydrogen (secondary N) is 1. The number of rotatable bonds is 11. The van der Waals surface area contributed by atoms with E-state index in [1.165, 1.54) is 23.9 Å². The molecule has 5 nitrogen and oxygen atoms in total. The van der Waals surface area contributed by atoms with Crippen molar-refractivity contribution in [1.29, 1.82) is 0 Å². The van der Waals surface area contributed by atoms with Gasteiger partial charge in [0.15, 0.2) is 0 Å². The third-order valence-corrected chi connectivity index (χ3v) is 5.76. The highest BCUT2D eigenvalue weighted by atomic mass is 32.2. The summed E-state index contributed by atoms with van der Waals surface area (Å²) in [6, 6.07) is 13.1. The molecule has 0 aromatic heterocycles. The highest BCUT2D eigenvalue weighted by molar-refractivity contribution is 7.99. The largest absolute Gasteiger partial charge is 0.497 e. The number of amides is 2. The van der Waals surface area contributed by atoms with Crippen molar-refractivity contribution in [3.05, 3.63) is 65.5 Å². The van der Waals surface area contributed by atoms with Crippen LogP contribution in [-0.2, 0) is 21.9 Å². The molecule has 0 unspecified atom stereocenters. The average Bonchev–Trinajstić information content (AvgIpc) is 2.76. The maximum atomic E-state index is 13.3. The van der Waals surface area contributed by atoms with Crippen molar-refractivity contribution < 1.29 is 18.7 Å². The van der Waals surface area contributed by atoms with Gasteiger partial charge in [-0.3, -0.25) is 9.59 Å². The number of benzene rings is 2. The first-order valence-electron chi connectivity index (χ1n) is 10.3. The molecule has 0 saturated carbocycles. The van der Waals surface area contributed by atoms with Gasteiger partial charge in [-0.15, -0.1) is 11.8 Å². The molecule has 2 aromatic carbocycles. The summed E-state index contributed by atoms with van der Waals surface area (Å²) in [5, 5.41) is 2.89. The van der Waals surface area contributed by atoms with Crippen molar-refractivity contribution in [2.45, 2.75) is 39.1 Å². The predicted molar refractivity (Wildman–Crippen MR) is 123 cm³/mol. The SMILES string of the molecule is COc1ccc(CSCC(=O)N(Cc2ccc(F)cc2)[C@@H](C)C(=O)NCC(C)C)cc1. The van der Waals surface area contributed by atoms with Gasteiger partial charge in [0, 0.05) is 18.8 Å². The Morgan fingerprint density at radius 3 is 2.23 bits per heavy atom. The molecule has 2 rings (SSSR count). The van der Waals surface area contributed by atoms with Gasteiger partial charge in [0.25, 0.3) is 0 Å². The monoisotopic (exact) mass is 446 g/mol. The molecule has 31 heavy (non-hydrogen) atoms. The van der Waals surface area contributed by atoms with Crippen LogP contribution in [0.25, 0.3) is 0 Å². The minimum Gasteiger partial charge on any atom is -0.497 e. The number of hydrogen-bond donors (Lipinski definition) is 1. The second-order valence-electron chi connectivity index (χ2n) is 7.80. The van der Waals surface area contributed by atoms with E-state index in [1.54, 1.807) is 31.1 Å². The molecule has 0 aliphatic heterocycles. The van der Waals surface area contributed by atoms with E-state index in [1.807, 2.05) is 38.1 Å². The molecular weight excluding hydrogens is 415 g/mol. The summed E-state index contributed by atoms with van der Waals surface area (Å²) in [6.45, 7) is 6.56. The van der Waals surface area contributed by atoms with E-state index < -0.39 is 6.04 Å². The molecule has 168 valence electrons. The molecule has 7 heteroatoms. The first-order valence-corrected chi connectivity index (χ1v) is 11.5. The summed E-state index contributed by atoms with van der Waals surface area (Å²) in [5.41, 5.74) is 1.87. The molecule has 1 atom stereocenters. The highest BCUT2D eigenvalue weighted by Crippen LogP contribution is 2.18. The molecule has 0 heterocycles. The van der Waals surface area contributed by atoms with E-state index in [0.717, 1.165) is 16.9 Å². The molecule has 0 aliphatic rings. The average molecular weight is 447 g/mol. The molecule has 0 saturated heterocycles. The van der Waals surface area contributed by atoms with Gasteiger partial charge in [-0.05, 0) is 48.2 Å². The Morgan fingerprint density at radius 1 is 1.03 bits per heavy atom. The standard InChI is InChI=1S/C24H31FN2O3S/c1-17(2)13-26-24(29)18(3)27(14-19-5-9-21(25)10-6-19)23(28)16-31-15-20-7-11-22(30-4)12-8-20/h5-12,17-18H,13-16H2,1-4H3,(H,26,29)/t18-/m0/s1. The van der Waals surface area contributed by atoms with Gasteiger partial charge in [0.2, 0.25) is 11.8 Å². The first-order chi connectivity index (χ1) is 14.8. The number of thioether (sulfide) groups is 1. The van der Waals surface area contributed by atoms with Gasteiger partial charge in [-0.2, -0.15) is 0 Å². The van der Waals surface area contributed by atoms with Crippen LogP contribution < -0.4 is 10.1 Å². The predicted octanol–water partition coefficient (Wildman–Crippen LogP) is 4.26. The highest BCUT2D eigenvalue weighted by Gasteiger charge is 2.26. The Hall–Kier alpha value is -2.54. The van der Waals surface area contributed by atoms with E-state index in [4.69, 9.17) is 4.74 Å². The fourth-order valence-corrected chi connectivity index (χ4v) is 3.75. The summed E-state index contributed by atoms with van der Waals surface area (Å²) < 4.78 is 18.4. The van der Waals surface area contributed by atoms with Gasteiger partial charge in [0.05, 0.1) is 12.9 Å². The van der Waals surface area contributed by atoms with Gasteiger partial charge < -0.3 is 15.0 Å². The smallest absolute Gasteiger partial charge is 0.242 e. The zero-order valence-corrected chi connectivity index (χ0v) is 19.4. The zero-order chi connectivity index (χ0) is 22.8. The molecule has 2 aromatic rings. The lowest BCUT2D eigenvalue weighted by Gasteiger charge is -2.29. The Morgan fingerprint density at radius 2 is 1.65 bits per heavy atom. The number of halogens is 1. The normalized spacial score (nSPS) is 11.8. The van der Waals surface area contributed by atoms with Crippen molar-refractivity contribution >= 4 is 23.6 Å². The van der Waals surface area contributed by atoms with Gasteiger partial charge in [-0.1, -0.05) is 38.1 Å². The number of ether oxygens (including phenoxy) is 1. The summed E-state index contributed by atoms with van der Waals surface area (Å²) >= 11 is 1.49. The summed E-state index contributed by atoms with van der Waals surface area (Å²) in [7, 11) is 1.62. The molecule has 0 radical (unpaired) electrons. The maximum Gasteiger partial charge on any atom is 0.242 e. The van der Waals surface area contributed by atoms with Crippen LogP contribution in [0, 0.1) is 11.7 Å². The van der Waals surface area contributed by atoms with Crippen LogP contribution >= 0.6 is 11.8 Å². The minimum atomic E-state index is -0.627. The zero-order valence-electron chi connectivity index (χ0n) is 18.6. The van der Waals surface area contributed by atoms with Crippen LogP contribution in [0.4, 0.5) is 4.39 Å². The van der Waals surface area contributed by atoms with E-state index in [2.05, 4.69) is 5.32 Å². The molecular formula is C24H31FN2O3S. The molecule has 0 aliphatic carbocycles. The van der Waals surface area contributed by atoms with Crippen LogP contribution in [0.3, 0.4) is 0 Å². The van der Waals surface area contributed by atoms with Crippen molar-refractivity contribution in [3.63, 3.8) is 0 Å². The quantitative estimate of drug-likeness (QED) is 0.560. The third kappa shape index (κ3) is 8.25. The van der Waals surface area contributed by atoms with Crippen molar-refractivity contribution in [3.8, 4) is 5.75 Å². The van der Waals surface area contributed by atoms with Gasteiger partial charge in [-0.25, -0.2) is 4.39 Å². The second-order valence-corrected chi connectivity index (χ2v) is 8.79. The Labute approximate surface area is 188 Å². The lowest BCUT2D eigenvalue weighted by atomic mass is 10.1. The molecule has 1 N–H and O–H groups in total. The van der Waals surface area contributed by atoms with Crippen LogP contribution in [0.5, 0.6) is 5.75 Å². The van der Waals surface area contributed by atoms with Crippen LogP contribution in [-0.4, -0.2) is 42.2 Å². The third-order valence-electron chi connectivity index (χ3n) is 4.77. The van der Waals surface area contributed by atoms with Crippen molar-refractivity contribution in [2.75, 3.05) is 19.4 Å². The van der Waals surface area contributed by atoms with Crippen molar-refractivity contribution in [1.82, 2.24) is 10.2 Å². The summed E-state index contributed by atoms with van der Waals surface area (Å²) in [6.07, 6.45) is 0. The lowest BCUT2D eigenvalue weighted by Crippen LogP contribution is -2.48. The Bertz CT molecular complexity index is 841. The number of hydrogen-bond acceptors (Lipinski definition) is 4. The van der Waals surface area contributed by atoms with E-state index >= 15 is 0 Å². The van der Waals surface area contributed by atoms with Crippen molar-refractivity contribution in [2.24, 2.45) is 5.92 Å². The molecule has 0 spiro atoms. The number of methoxy groups -OCH3 is 1. The van der Waals surface area contributed by atoms with Crippen LogP contribution in [0.15, 0.2) is 48.5 Å². The maximum absolute atomic E-state index is 13.3. The minimum absolute atomic E-state index is 0.130. The molecule has 0 fully saturated rings. The van der Waals surface area contributed by atoms with Gasteiger partial charge in [0.1, 0.15) is 17.6 Å². The number of carbonyl (C=O) groups is 2. The Kier molecular flexibility index (Phi) is 9.85. The van der Waals surface area contributed by atoms with E-state index in [9.17, 15) is 14.0 Å². The van der Waals surface area contributed by atoms with Gasteiger partial charge >= 0.3 is 0 Å². The first kappa shape index (κ1) is 24.7. The molecule has 0 bridgehead atoms. The number of carbonyl (C=O) groups excluding carboxylic acids is 2. The van der Waals surface area contributed by atoms with E-state index in [0.29, 0.717) is 18.2 Å². The number of nitrogens with zero attached hydrogens (tertiary/aromatic N) is 1. The summed E-state index contributed by atoms with van der Waals surface area (Å²) in [4.78, 5) is 27.2. The molecule has 2 amide bonds. The lowest BCUT2D eigenvalue weighted by molar-refractivity contribution is -0.138. The fraction of sp³-hybridized carbons (Fsp3) is 0.417. The Balaban J connectivity index is 2.03. The fourth-order valence-electron chi connectivity index (χ4n) is 2.88. The van der Waals surface area contributed by atoms with E-state index in [-0.39, 0.29) is 29.9 Å². The van der Waals surface area contributed by atoms with Crippen LogP contribution in [0.2, 0.25) is 0 Å².